The lowest BCUT2D eigenvalue weighted by molar-refractivity contribution is -0.387. The standard InChI is InChI=1S/C20H20N2O9S/c1-30-19(24)14-8-6-13(7-9-14)12-31-20(25)17-10-15(23)11-21(17)32(28,29)18-5-3-2-4-16(18)22(26)27/h2-9,15,17,23H,10-12H2,1H3/t15-,17+/m0/s1. The van der Waals surface area contributed by atoms with E-state index in [1.54, 1.807) is 12.1 Å². The molecule has 2 aromatic rings. The molecule has 1 saturated heterocycles. The van der Waals surface area contributed by atoms with Crippen molar-refractivity contribution in [2.45, 2.75) is 30.1 Å². The Kier molecular flexibility index (Phi) is 6.87. The van der Waals surface area contributed by atoms with E-state index in [0.717, 1.165) is 16.4 Å². The molecule has 1 heterocycles. The fourth-order valence-corrected chi connectivity index (χ4v) is 5.11. The Morgan fingerprint density at radius 3 is 2.47 bits per heavy atom. The molecular formula is C20H20N2O9S. The Balaban J connectivity index is 1.77. The van der Waals surface area contributed by atoms with E-state index >= 15 is 0 Å². The number of aliphatic hydroxyl groups is 1. The van der Waals surface area contributed by atoms with Gasteiger partial charge < -0.3 is 14.6 Å². The van der Waals surface area contributed by atoms with Crippen molar-refractivity contribution in [2.75, 3.05) is 13.7 Å². The summed E-state index contributed by atoms with van der Waals surface area (Å²) in [5, 5.41) is 21.3. The number of para-hydroxylation sites is 1. The van der Waals surface area contributed by atoms with Gasteiger partial charge in [0.2, 0.25) is 0 Å². The summed E-state index contributed by atoms with van der Waals surface area (Å²) in [6.45, 7) is -0.603. The summed E-state index contributed by atoms with van der Waals surface area (Å²) in [6.07, 6.45) is -1.34. The van der Waals surface area contributed by atoms with Crippen LogP contribution in [0.1, 0.15) is 22.3 Å². The summed E-state index contributed by atoms with van der Waals surface area (Å²) in [5.41, 5.74) is 0.215. The molecule has 0 aromatic heterocycles. The number of nitro benzene ring substituents is 1. The van der Waals surface area contributed by atoms with Crippen LogP contribution >= 0.6 is 0 Å². The maximum atomic E-state index is 13.1. The predicted octanol–water partition coefficient (Wildman–Crippen LogP) is 1.25. The number of sulfonamides is 1. The van der Waals surface area contributed by atoms with Gasteiger partial charge in [-0.3, -0.25) is 14.9 Å². The van der Waals surface area contributed by atoms with Crippen LogP contribution in [0.5, 0.6) is 0 Å². The molecule has 0 unspecified atom stereocenters. The molecular weight excluding hydrogens is 444 g/mol. The van der Waals surface area contributed by atoms with Gasteiger partial charge >= 0.3 is 11.9 Å². The van der Waals surface area contributed by atoms with Gasteiger partial charge in [-0.15, -0.1) is 0 Å². The molecule has 1 N–H and O–H groups in total. The first-order valence-electron chi connectivity index (χ1n) is 9.42. The minimum absolute atomic E-state index is 0.202. The molecule has 0 aliphatic carbocycles. The molecule has 1 aliphatic heterocycles. The van der Waals surface area contributed by atoms with Gasteiger partial charge in [0.15, 0.2) is 4.90 Å². The second-order valence-corrected chi connectivity index (χ2v) is 8.86. The molecule has 32 heavy (non-hydrogen) atoms. The smallest absolute Gasteiger partial charge is 0.337 e. The van der Waals surface area contributed by atoms with Gasteiger partial charge in [0.05, 0.1) is 23.7 Å². The molecule has 3 rings (SSSR count). The van der Waals surface area contributed by atoms with Gasteiger partial charge in [-0.1, -0.05) is 24.3 Å². The number of benzene rings is 2. The molecule has 11 nitrogen and oxygen atoms in total. The lowest BCUT2D eigenvalue weighted by Crippen LogP contribution is -2.41. The normalized spacial score (nSPS) is 18.8. The summed E-state index contributed by atoms with van der Waals surface area (Å²) in [7, 11) is -3.22. The van der Waals surface area contributed by atoms with Crippen molar-refractivity contribution in [3.63, 3.8) is 0 Å². The Morgan fingerprint density at radius 2 is 1.84 bits per heavy atom. The molecule has 170 valence electrons. The number of hydrogen-bond acceptors (Lipinski definition) is 9. The van der Waals surface area contributed by atoms with Crippen LogP contribution in [0.2, 0.25) is 0 Å². The maximum absolute atomic E-state index is 13.1. The number of carbonyl (C=O) groups excluding carboxylic acids is 2. The third-order valence-corrected chi connectivity index (χ3v) is 6.83. The third-order valence-electron chi connectivity index (χ3n) is 4.91. The summed E-state index contributed by atoms with van der Waals surface area (Å²) in [4.78, 5) is 34.0. The summed E-state index contributed by atoms with van der Waals surface area (Å²) >= 11 is 0. The Bertz CT molecular complexity index is 1130. The number of hydrogen-bond donors (Lipinski definition) is 1. The van der Waals surface area contributed by atoms with E-state index < -0.39 is 56.2 Å². The quantitative estimate of drug-likeness (QED) is 0.362. The van der Waals surface area contributed by atoms with E-state index in [4.69, 9.17) is 4.74 Å². The van der Waals surface area contributed by atoms with Crippen LogP contribution in [0.25, 0.3) is 0 Å². The Labute approximate surface area is 183 Å². The highest BCUT2D eigenvalue weighted by molar-refractivity contribution is 7.89. The highest BCUT2D eigenvalue weighted by Crippen LogP contribution is 2.32. The van der Waals surface area contributed by atoms with Gasteiger partial charge in [-0.25, -0.2) is 13.2 Å². The van der Waals surface area contributed by atoms with Gasteiger partial charge in [0.1, 0.15) is 12.6 Å². The second-order valence-electron chi connectivity index (χ2n) is 7.00. The minimum Gasteiger partial charge on any atom is -0.465 e. The third kappa shape index (κ3) is 4.77. The summed E-state index contributed by atoms with van der Waals surface area (Å²) in [5.74, 6) is -1.43. The molecule has 2 atom stereocenters. The minimum atomic E-state index is -4.46. The van der Waals surface area contributed by atoms with E-state index in [2.05, 4.69) is 4.74 Å². The van der Waals surface area contributed by atoms with Crippen LogP contribution in [0, 0.1) is 10.1 Å². The summed E-state index contributed by atoms with van der Waals surface area (Å²) in [6, 6.07) is 9.50. The van der Waals surface area contributed by atoms with Crippen molar-refractivity contribution in [1.29, 1.82) is 0 Å². The van der Waals surface area contributed by atoms with Crippen LogP contribution in [0.4, 0.5) is 5.69 Å². The maximum Gasteiger partial charge on any atom is 0.337 e. The van der Waals surface area contributed by atoms with Crippen LogP contribution in [0.3, 0.4) is 0 Å². The molecule has 12 heteroatoms. The zero-order valence-electron chi connectivity index (χ0n) is 16.9. The topological polar surface area (TPSA) is 153 Å². The van der Waals surface area contributed by atoms with Crippen molar-refractivity contribution in [3.8, 4) is 0 Å². The van der Waals surface area contributed by atoms with E-state index in [0.29, 0.717) is 11.1 Å². The Morgan fingerprint density at radius 1 is 1.19 bits per heavy atom. The lowest BCUT2D eigenvalue weighted by Gasteiger charge is -2.22. The first-order chi connectivity index (χ1) is 15.1. The van der Waals surface area contributed by atoms with Crippen LogP contribution in [-0.2, 0) is 30.9 Å². The number of nitrogens with zero attached hydrogens (tertiary/aromatic N) is 2. The summed E-state index contributed by atoms with van der Waals surface area (Å²) < 4.78 is 36.7. The zero-order chi connectivity index (χ0) is 23.5. The first kappa shape index (κ1) is 23.3. The van der Waals surface area contributed by atoms with E-state index in [-0.39, 0.29) is 13.0 Å². The average Bonchev–Trinajstić information content (AvgIpc) is 3.20. The van der Waals surface area contributed by atoms with E-state index in [1.807, 2.05) is 0 Å². The number of β-amino-alcohol motifs (C(OH)–C–C–N with tert-alkyl or cyclic N) is 1. The van der Waals surface area contributed by atoms with Crippen molar-refractivity contribution in [3.05, 3.63) is 69.8 Å². The predicted molar refractivity (Wildman–Crippen MR) is 109 cm³/mol. The second kappa shape index (κ2) is 9.42. The fraction of sp³-hybridized carbons (Fsp3) is 0.300. The molecule has 0 spiro atoms. The number of aliphatic hydroxyl groups excluding tert-OH is 1. The van der Waals surface area contributed by atoms with Gasteiger partial charge in [-0.2, -0.15) is 4.31 Å². The number of carbonyl (C=O) groups is 2. The van der Waals surface area contributed by atoms with Gasteiger partial charge in [0, 0.05) is 19.0 Å². The highest BCUT2D eigenvalue weighted by Gasteiger charge is 2.46. The average molecular weight is 464 g/mol. The molecule has 2 aromatic carbocycles. The van der Waals surface area contributed by atoms with Crippen molar-refractivity contribution < 1.29 is 37.5 Å². The SMILES string of the molecule is COC(=O)c1ccc(COC(=O)[C@H]2C[C@H](O)CN2S(=O)(=O)c2ccccc2[N+](=O)[O-])cc1. The number of nitro groups is 1. The molecule has 1 fully saturated rings. The van der Waals surface area contributed by atoms with E-state index in [9.17, 15) is 33.2 Å². The lowest BCUT2D eigenvalue weighted by atomic mass is 10.1. The Hall–Kier alpha value is -3.35. The van der Waals surface area contributed by atoms with Gasteiger partial charge in [-0.05, 0) is 23.8 Å². The van der Waals surface area contributed by atoms with Crippen molar-refractivity contribution in [1.82, 2.24) is 4.31 Å². The first-order valence-corrected chi connectivity index (χ1v) is 10.9. The van der Waals surface area contributed by atoms with E-state index in [1.165, 1.54) is 31.4 Å². The molecule has 0 amide bonds. The monoisotopic (exact) mass is 464 g/mol. The van der Waals surface area contributed by atoms with Gasteiger partial charge in [0.25, 0.3) is 15.7 Å². The zero-order valence-corrected chi connectivity index (χ0v) is 17.7. The van der Waals surface area contributed by atoms with Crippen LogP contribution in [-0.4, -0.2) is 60.5 Å². The largest absolute Gasteiger partial charge is 0.465 e. The number of rotatable bonds is 7. The molecule has 0 bridgehead atoms. The number of ether oxygens (including phenoxy) is 2. The fourth-order valence-electron chi connectivity index (χ4n) is 3.32. The molecule has 0 saturated carbocycles. The highest BCUT2D eigenvalue weighted by atomic mass is 32.2. The molecule has 1 aliphatic rings. The van der Waals surface area contributed by atoms with Crippen molar-refractivity contribution in [2.24, 2.45) is 0 Å². The number of esters is 2. The van der Waals surface area contributed by atoms with Crippen LogP contribution < -0.4 is 0 Å². The molecule has 0 radical (unpaired) electrons. The van der Waals surface area contributed by atoms with Crippen molar-refractivity contribution >= 4 is 27.6 Å². The number of methoxy groups -OCH3 is 1. The van der Waals surface area contributed by atoms with Crippen LogP contribution in [0.15, 0.2) is 53.4 Å².